The summed E-state index contributed by atoms with van der Waals surface area (Å²) in [6.07, 6.45) is 6.01. The fraction of sp³-hybridized carbons (Fsp3) is 0.333. The quantitative estimate of drug-likeness (QED) is 0.134. The third kappa shape index (κ3) is 11.9. The summed E-state index contributed by atoms with van der Waals surface area (Å²) >= 11 is 0. The number of methoxy groups -OCH3 is 2. The van der Waals surface area contributed by atoms with Gasteiger partial charge in [0.15, 0.2) is 0 Å². The lowest BCUT2D eigenvalue weighted by molar-refractivity contribution is -0.144. The molecule has 10 nitrogen and oxygen atoms in total. The number of nitrogens with one attached hydrogen (secondary N) is 2. The smallest absolute Gasteiger partial charge is 0.329 e. The van der Waals surface area contributed by atoms with Crippen LogP contribution in [0.25, 0.3) is 12.2 Å². The lowest BCUT2D eigenvalue weighted by Gasteiger charge is -2.17. The first-order chi connectivity index (χ1) is 20.0. The van der Waals surface area contributed by atoms with Gasteiger partial charge in [-0.3, -0.25) is 9.59 Å². The van der Waals surface area contributed by atoms with Crippen LogP contribution in [0.1, 0.15) is 11.1 Å². The number of anilines is 2. The molecule has 0 saturated heterocycles. The average molecular weight is 615 g/mol. The Kier molecular flexibility index (Phi) is 14.5. The predicted molar refractivity (Wildman–Crippen MR) is 172 cm³/mol. The minimum absolute atomic E-state index is 0.180. The van der Waals surface area contributed by atoms with Gasteiger partial charge >= 0.3 is 11.9 Å². The summed E-state index contributed by atoms with van der Waals surface area (Å²) in [6.45, 7) is 0. The van der Waals surface area contributed by atoms with Crippen LogP contribution >= 0.6 is 21.6 Å². The van der Waals surface area contributed by atoms with Crippen LogP contribution in [0.2, 0.25) is 0 Å². The molecule has 2 amide bonds. The molecule has 2 aromatic rings. The summed E-state index contributed by atoms with van der Waals surface area (Å²) in [7, 11) is 12.8. The summed E-state index contributed by atoms with van der Waals surface area (Å²) in [4.78, 5) is 53.4. The Morgan fingerprint density at radius 1 is 0.667 bits per heavy atom. The Bertz CT molecular complexity index is 1150. The molecule has 0 fully saturated rings. The molecule has 2 aromatic carbocycles. The van der Waals surface area contributed by atoms with E-state index in [1.165, 1.54) is 48.0 Å². The third-order valence-corrected chi connectivity index (χ3v) is 8.25. The van der Waals surface area contributed by atoms with Gasteiger partial charge in [0.25, 0.3) is 0 Å². The maximum atomic E-state index is 12.5. The average Bonchev–Trinajstić information content (AvgIpc) is 2.99. The zero-order chi connectivity index (χ0) is 31.1. The van der Waals surface area contributed by atoms with Crippen LogP contribution in [0.3, 0.4) is 0 Å². The van der Waals surface area contributed by atoms with Gasteiger partial charge in [0.1, 0.15) is 12.1 Å². The lowest BCUT2D eigenvalue weighted by Crippen LogP contribution is -2.43. The number of benzene rings is 2. The van der Waals surface area contributed by atoms with Crippen molar-refractivity contribution in [1.29, 1.82) is 0 Å². The molecular formula is C30H38N4O6S2. The van der Waals surface area contributed by atoms with Gasteiger partial charge in [0.2, 0.25) is 11.8 Å². The summed E-state index contributed by atoms with van der Waals surface area (Å²) in [5.74, 6) is -1.73. The molecule has 0 spiro atoms. The van der Waals surface area contributed by atoms with Crippen LogP contribution in [-0.4, -0.2) is 89.8 Å². The Balaban J connectivity index is 1.89. The van der Waals surface area contributed by atoms with Gasteiger partial charge in [-0.05, 0) is 47.5 Å². The van der Waals surface area contributed by atoms with Crippen molar-refractivity contribution in [2.24, 2.45) is 0 Å². The Morgan fingerprint density at radius 3 is 1.29 bits per heavy atom. The molecule has 2 rings (SSSR count). The zero-order valence-corrected chi connectivity index (χ0v) is 26.3. The van der Waals surface area contributed by atoms with E-state index in [9.17, 15) is 19.2 Å². The van der Waals surface area contributed by atoms with E-state index < -0.39 is 35.8 Å². The Morgan fingerprint density at radius 2 is 1.00 bits per heavy atom. The van der Waals surface area contributed by atoms with Gasteiger partial charge in [-0.1, -0.05) is 45.9 Å². The highest BCUT2D eigenvalue weighted by molar-refractivity contribution is 8.76. The first kappa shape index (κ1) is 34.3. The van der Waals surface area contributed by atoms with E-state index in [4.69, 9.17) is 9.47 Å². The van der Waals surface area contributed by atoms with Crippen LogP contribution in [-0.2, 0) is 28.7 Å². The molecule has 2 N–H and O–H groups in total. The molecule has 2 atom stereocenters. The van der Waals surface area contributed by atoms with Gasteiger partial charge < -0.3 is 29.9 Å². The minimum atomic E-state index is -0.909. The molecule has 0 bridgehead atoms. The Hall–Kier alpha value is -3.90. The molecule has 0 saturated carbocycles. The monoisotopic (exact) mass is 614 g/mol. The zero-order valence-electron chi connectivity index (χ0n) is 24.7. The largest absolute Gasteiger partial charge is 0.467 e. The summed E-state index contributed by atoms with van der Waals surface area (Å²) in [6, 6.07) is 13.5. The normalized spacial score (nSPS) is 12.4. The van der Waals surface area contributed by atoms with Gasteiger partial charge in [0, 0.05) is 63.2 Å². The van der Waals surface area contributed by atoms with Gasteiger partial charge in [0.05, 0.1) is 14.2 Å². The molecule has 0 radical (unpaired) electrons. The second-order valence-corrected chi connectivity index (χ2v) is 11.9. The highest BCUT2D eigenvalue weighted by atomic mass is 33.1. The van der Waals surface area contributed by atoms with Crippen molar-refractivity contribution in [3.05, 3.63) is 71.8 Å². The fourth-order valence-electron chi connectivity index (χ4n) is 3.40. The molecule has 0 heterocycles. The molecule has 226 valence electrons. The second-order valence-electron chi connectivity index (χ2n) is 9.38. The van der Waals surface area contributed by atoms with Crippen LogP contribution in [0.4, 0.5) is 11.4 Å². The third-order valence-electron chi connectivity index (χ3n) is 5.83. The van der Waals surface area contributed by atoms with Crippen molar-refractivity contribution in [2.45, 2.75) is 12.1 Å². The first-order valence-electron chi connectivity index (χ1n) is 13.0. The molecule has 12 heteroatoms. The van der Waals surface area contributed by atoms with Crippen molar-refractivity contribution >= 4 is 68.9 Å². The number of esters is 2. The van der Waals surface area contributed by atoms with Crippen molar-refractivity contribution in [3.8, 4) is 0 Å². The van der Waals surface area contributed by atoms with Crippen molar-refractivity contribution in [1.82, 2.24) is 10.6 Å². The van der Waals surface area contributed by atoms with E-state index in [-0.39, 0.29) is 11.5 Å². The molecule has 0 aromatic heterocycles. The van der Waals surface area contributed by atoms with E-state index in [2.05, 4.69) is 10.6 Å². The maximum absolute atomic E-state index is 12.5. The number of hydrogen-bond acceptors (Lipinski definition) is 10. The van der Waals surface area contributed by atoms with E-state index in [1.54, 1.807) is 12.2 Å². The number of ether oxygens (including phenoxy) is 2. The van der Waals surface area contributed by atoms with Crippen molar-refractivity contribution in [2.75, 3.05) is 63.7 Å². The summed E-state index contributed by atoms with van der Waals surface area (Å²) in [5.41, 5.74) is 3.74. The van der Waals surface area contributed by atoms with Gasteiger partial charge in [-0.2, -0.15) is 0 Å². The number of hydrogen-bond donors (Lipinski definition) is 2. The van der Waals surface area contributed by atoms with Crippen LogP contribution in [0, 0.1) is 0 Å². The van der Waals surface area contributed by atoms with E-state index in [0.717, 1.165) is 22.5 Å². The molecule has 0 aliphatic carbocycles. The summed E-state index contributed by atoms with van der Waals surface area (Å²) in [5, 5.41) is 5.30. The van der Waals surface area contributed by atoms with Crippen LogP contribution < -0.4 is 20.4 Å². The van der Waals surface area contributed by atoms with E-state index >= 15 is 0 Å². The lowest BCUT2D eigenvalue weighted by atomic mass is 10.2. The highest BCUT2D eigenvalue weighted by Crippen LogP contribution is 2.24. The van der Waals surface area contributed by atoms with Gasteiger partial charge in [-0.15, -0.1) is 0 Å². The van der Waals surface area contributed by atoms with E-state index in [0.29, 0.717) is 0 Å². The fourth-order valence-corrected chi connectivity index (χ4v) is 5.70. The topological polar surface area (TPSA) is 117 Å². The first-order valence-corrected chi connectivity index (χ1v) is 15.4. The second kappa shape index (κ2) is 17.8. The van der Waals surface area contributed by atoms with Crippen LogP contribution in [0.5, 0.6) is 0 Å². The van der Waals surface area contributed by atoms with Gasteiger partial charge in [-0.25, -0.2) is 9.59 Å². The Labute approximate surface area is 255 Å². The number of carbonyl (C=O) groups is 4. The van der Waals surface area contributed by atoms with E-state index in [1.807, 2.05) is 86.5 Å². The number of nitrogens with zero attached hydrogens (tertiary/aromatic N) is 2. The highest BCUT2D eigenvalue weighted by Gasteiger charge is 2.24. The maximum Gasteiger partial charge on any atom is 0.329 e. The predicted octanol–water partition coefficient (Wildman–Crippen LogP) is 3.24. The number of carbonyl (C=O) groups excluding carboxylic acids is 4. The minimum Gasteiger partial charge on any atom is -0.467 e. The molecule has 0 aliphatic heterocycles. The molecule has 0 unspecified atom stereocenters. The summed E-state index contributed by atoms with van der Waals surface area (Å²) < 4.78 is 9.67. The SMILES string of the molecule is COC(=O)[C@H](CSSC[C@H](NC(=O)/C=C/c1ccc(N(C)C)cc1)C(=O)OC)NC(=O)/C=C/c1ccc(N(C)C)cc1. The number of amides is 2. The molecule has 42 heavy (non-hydrogen) atoms. The standard InChI is InChI=1S/C30H38N4O6S2/c1-33(2)23-13-7-21(8-14-23)11-17-27(35)31-25(29(37)39-5)19-41-42-20-26(30(38)40-6)32-28(36)18-12-22-9-15-24(16-10-22)34(3)4/h7-18,25-26H,19-20H2,1-6H3,(H,31,35)(H,32,36)/b17-11+,18-12+/t25-,26-/m0/s1. The van der Waals surface area contributed by atoms with Crippen molar-refractivity contribution in [3.63, 3.8) is 0 Å². The molecule has 0 aliphatic rings. The molecular weight excluding hydrogens is 576 g/mol. The van der Waals surface area contributed by atoms with Crippen molar-refractivity contribution < 1.29 is 28.7 Å². The van der Waals surface area contributed by atoms with Crippen LogP contribution in [0.15, 0.2) is 60.7 Å². The number of rotatable bonds is 15.